The maximum atomic E-state index is 11.1. The van der Waals surface area contributed by atoms with Crippen LogP contribution in [0.4, 0.5) is 0 Å². The molecule has 0 aromatic carbocycles. The summed E-state index contributed by atoms with van der Waals surface area (Å²) in [5.41, 5.74) is 0. The van der Waals surface area contributed by atoms with Crippen molar-refractivity contribution in [3.8, 4) is 0 Å². The minimum Gasteiger partial charge on any atom is -0.275 e. The molecule has 0 N–H and O–H groups in total. The van der Waals surface area contributed by atoms with Crippen molar-refractivity contribution in [1.82, 2.24) is 9.88 Å². The lowest BCUT2D eigenvalue weighted by Gasteiger charge is -2.11. The number of thiazole rings is 1. The zero-order chi connectivity index (χ0) is 9.97. The third kappa shape index (κ3) is 1.72. The van der Waals surface area contributed by atoms with Gasteiger partial charge in [-0.25, -0.2) is 4.98 Å². The van der Waals surface area contributed by atoms with E-state index in [-0.39, 0.29) is 11.8 Å². The number of carbonyl (C=O) groups excluding carboxylic acids is 2. The molecular formula is C9H8N2O2S. The molecule has 1 aliphatic heterocycles. The highest BCUT2D eigenvalue weighted by atomic mass is 32.1. The highest BCUT2D eigenvalue weighted by Crippen LogP contribution is 2.08. The summed E-state index contributed by atoms with van der Waals surface area (Å²) in [6, 6.07) is 0. The van der Waals surface area contributed by atoms with E-state index in [0.29, 0.717) is 13.0 Å². The predicted molar refractivity (Wildman–Crippen MR) is 51.7 cm³/mol. The summed E-state index contributed by atoms with van der Waals surface area (Å²) < 4.78 is 0. The van der Waals surface area contributed by atoms with Crippen LogP contribution < -0.4 is 0 Å². The van der Waals surface area contributed by atoms with Crippen molar-refractivity contribution >= 4 is 23.2 Å². The van der Waals surface area contributed by atoms with Gasteiger partial charge in [0.2, 0.25) is 0 Å². The van der Waals surface area contributed by atoms with E-state index in [0.717, 1.165) is 5.01 Å². The third-order valence-corrected chi connectivity index (χ3v) is 2.77. The van der Waals surface area contributed by atoms with E-state index < -0.39 is 0 Å². The molecular weight excluding hydrogens is 200 g/mol. The summed E-state index contributed by atoms with van der Waals surface area (Å²) in [6.07, 6.45) is 4.94. The molecule has 72 valence electrons. The summed E-state index contributed by atoms with van der Waals surface area (Å²) in [5, 5.41) is 2.82. The van der Waals surface area contributed by atoms with Gasteiger partial charge in [0, 0.05) is 36.7 Å². The van der Waals surface area contributed by atoms with Gasteiger partial charge < -0.3 is 0 Å². The molecule has 2 rings (SSSR count). The Kier molecular flexibility index (Phi) is 2.41. The second-order valence-corrected chi connectivity index (χ2v) is 3.82. The fraction of sp³-hybridized carbons (Fsp3) is 0.222. The van der Waals surface area contributed by atoms with Crippen molar-refractivity contribution in [1.29, 1.82) is 0 Å². The topological polar surface area (TPSA) is 50.3 Å². The van der Waals surface area contributed by atoms with Crippen molar-refractivity contribution in [3.63, 3.8) is 0 Å². The molecule has 4 nitrogen and oxygen atoms in total. The fourth-order valence-electron chi connectivity index (χ4n) is 1.24. The molecule has 0 aliphatic carbocycles. The number of hydrogen-bond acceptors (Lipinski definition) is 4. The number of amides is 2. The van der Waals surface area contributed by atoms with Gasteiger partial charge in [-0.3, -0.25) is 14.5 Å². The number of aromatic nitrogens is 1. The minimum absolute atomic E-state index is 0.230. The van der Waals surface area contributed by atoms with Crippen LogP contribution in [0, 0.1) is 0 Å². The second-order valence-electron chi connectivity index (χ2n) is 2.84. The molecule has 0 bridgehead atoms. The number of nitrogens with zero attached hydrogens (tertiary/aromatic N) is 2. The van der Waals surface area contributed by atoms with E-state index in [1.807, 2.05) is 5.38 Å². The van der Waals surface area contributed by atoms with Crippen LogP contribution >= 0.6 is 11.3 Å². The van der Waals surface area contributed by atoms with Gasteiger partial charge in [-0.2, -0.15) is 0 Å². The van der Waals surface area contributed by atoms with Crippen molar-refractivity contribution in [2.45, 2.75) is 6.42 Å². The van der Waals surface area contributed by atoms with Gasteiger partial charge in [0.25, 0.3) is 11.8 Å². The molecule has 1 aromatic rings. The van der Waals surface area contributed by atoms with Crippen molar-refractivity contribution in [2.24, 2.45) is 0 Å². The summed E-state index contributed by atoms with van der Waals surface area (Å²) in [7, 11) is 0. The maximum Gasteiger partial charge on any atom is 0.253 e. The average Bonchev–Trinajstić information content (AvgIpc) is 2.76. The summed E-state index contributed by atoms with van der Waals surface area (Å²) >= 11 is 1.53. The first-order chi connectivity index (χ1) is 6.77. The van der Waals surface area contributed by atoms with Gasteiger partial charge in [-0.05, 0) is 0 Å². The smallest absolute Gasteiger partial charge is 0.253 e. The van der Waals surface area contributed by atoms with E-state index in [4.69, 9.17) is 0 Å². The lowest BCUT2D eigenvalue weighted by Crippen LogP contribution is -2.31. The summed E-state index contributed by atoms with van der Waals surface area (Å²) in [5.74, 6) is -0.460. The molecule has 2 heterocycles. The number of rotatable bonds is 3. The van der Waals surface area contributed by atoms with Gasteiger partial charge >= 0.3 is 0 Å². The molecule has 14 heavy (non-hydrogen) atoms. The molecule has 0 radical (unpaired) electrons. The van der Waals surface area contributed by atoms with Crippen LogP contribution in [0.25, 0.3) is 0 Å². The van der Waals surface area contributed by atoms with Crippen molar-refractivity contribution in [2.75, 3.05) is 6.54 Å². The molecule has 0 unspecified atom stereocenters. The van der Waals surface area contributed by atoms with Crippen LogP contribution in [-0.2, 0) is 16.0 Å². The Hall–Kier alpha value is -1.49. The van der Waals surface area contributed by atoms with E-state index >= 15 is 0 Å². The lowest BCUT2D eigenvalue weighted by atomic mass is 10.4. The predicted octanol–water partition coefficient (Wildman–Crippen LogP) is 0.611. The van der Waals surface area contributed by atoms with Crippen molar-refractivity contribution < 1.29 is 9.59 Å². The highest BCUT2D eigenvalue weighted by molar-refractivity contribution is 7.09. The Morgan fingerprint density at radius 1 is 1.29 bits per heavy atom. The first-order valence-corrected chi connectivity index (χ1v) is 5.07. The molecule has 1 aromatic heterocycles. The van der Waals surface area contributed by atoms with Gasteiger partial charge in [0.15, 0.2) is 0 Å². The molecule has 0 saturated carbocycles. The second kappa shape index (κ2) is 3.71. The first kappa shape index (κ1) is 9.08. The van der Waals surface area contributed by atoms with E-state index in [9.17, 15) is 9.59 Å². The Labute approximate surface area is 84.9 Å². The van der Waals surface area contributed by atoms with Crippen LogP contribution in [0.5, 0.6) is 0 Å². The Morgan fingerprint density at radius 3 is 2.57 bits per heavy atom. The van der Waals surface area contributed by atoms with Crippen LogP contribution in [0.3, 0.4) is 0 Å². The van der Waals surface area contributed by atoms with E-state index in [2.05, 4.69) is 4.98 Å². The van der Waals surface area contributed by atoms with E-state index in [1.54, 1.807) is 6.20 Å². The Balaban J connectivity index is 1.93. The molecule has 0 fully saturated rings. The van der Waals surface area contributed by atoms with Crippen LogP contribution in [0.2, 0.25) is 0 Å². The fourth-order valence-corrected chi connectivity index (χ4v) is 1.85. The van der Waals surface area contributed by atoms with Gasteiger partial charge in [0.05, 0.1) is 5.01 Å². The lowest BCUT2D eigenvalue weighted by molar-refractivity contribution is -0.136. The van der Waals surface area contributed by atoms with Crippen LogP contribution in [0.1, 0.15) is 5.01 Å². The maximum absolute atomic E-state index is 11.1. The highest BCUT2D eigenvalue weighted by Gasteiger charge is 2.22. The van der Waals surface area contributed by atoms with Crippen LogP contribution in [0.15, 0.2) is 23.7 Å². The normalized spacial score (nSPS) is 15.6. The van der Waals surface area contributed by atoms with Gasteiger partial charge in [-0.15, -0.1) is 11.3 Å². The Morgan fingerprint density at radius 2 is 2.00 bits per heavy atom. The monoisotopic (exact) mass is 208 g/mol. The largest absolute Gasteiger partial charge is 0.275 e. The van der Waals surface area contributed by atoms with Gasteiger partial charge in [0.1, 0.15) is 0 Å². The summed E-state index contributed by atoms with van der Waals surface area (Å²) in [4.78, 5) is 27.6. The van der Waals surface area contributed by atoms with Crippen molar-refractivity contribution in [3.05, 3.63) is 28.7 Å². The SMILES string of the molecule is O=C1C=CC(=O)N1CCc1nccs1. The number of carbonyl (C=O) groups is 2. The molecule has 5 heteroatoms. The summed E-state index contributed by atoms with van der Waals surface area (Å²) in [6.45, 7) is 0.415. The molecule has 2 amide bonds. The van der Waals surface area contributed by atoms with Crippen LogP contribution in [-0.4, -0.2) is 28.2 Å². The third-order valence-electron chi connectivity index (χ3n) is 1.93. The average molecular weight is 208 g/mol. The van der Waals surface area contributed by atoms with Gasteiger partial charge in [-0.1, -0.05) is 0 Å². The standard InChI is InChI=1S/C9H8N2O2S/c12-8-1-2-9(13)11(8)5-3-7-10-4-6-14-7/h1-2,4,6H,3,5H2. The molecule has 1 aliphatic rings. The molecule has 0 saturated heterocycles. The van der Waals surface area contributed by atoms with E-state index in [1.165, 1.54) is 28.4 Å². The molecule has 0 atom stereocenters. The first-order valence-electron chi connectivity index (χ1n) is 4.19. The number of hydrogen-bond donors (Lipinski definition) is 0. The zero-order valence-electron chi connectivity index (χ0n) is 7.34. The quantitative estimate of drug-likeness (QED) is 0.684. The molecule has 0 spiro atoms. The minimum atomic E-state index is -0.230. The zero-order valence-corrected chi connectivity index (χ0v) is 8.16. The number of imide groups is 1. The Bertz CT molecular complexity index is 366.